The smallest absolute Gasteiger partial charge is 0.504 e. The minimum Gasteiger partial charge on any atom is -0.504 e. The van der Waals surface area contributed by atoms with E-state index in [1.165, 1.54) is 0 Å². The van der Waals surface area contributed by atoms with Crippen molar-refractivity contribution < 1.29 is 8.17 Å². The van der Waals surface area contributed by atoms with E-state index in [1.54, 1.807) is 0 Å². The molecular formula is C6H18O2Si3. The van der Waals surface area contributed by atoms with Crippen molar-refractivity contribution in [2.75, 3.05) is 14.2 Å². The molecular weight excluding hydrogens is 188 g/mol. The van der Waals surface area contributed by atoms with Crippen molar-refractivity contribution in [2.24, 2.45) is 0 Å². The Hall–Kier alpha value is 0.571. The predicted molar refractivity (Wildman–Crippen MR) is 54.7 cm³/mol. The van der Waals surface area contributed by atoms with Crippen LogP contribution < -0.4 is 0 Å². The quantitative estimate of drug-likeness (QED) is 0.491. The van der Waals surface area contributed by atoms with Gasteiger partial charge in [0, 0.05) is 13.1 Å². The predicted octanol–water partition coefficient (Wildman–Crippen LogP) is 1.39. The van der Waals surface area contributed by atoms with Crippen LogP contribution in [0.5, 0.6) is 0 Å². The fourth-order valence-electron chi connectivity index (χ4n) is 0.0833. The van der Waals surface area contributed by atoms with Gasteiger partial charge in [-0.05, 0) is 0 Å². The van der Waals surface area contributed by atoms with Crippen LogP contribution in [0.15, 0.2) is 0 Å². The van der Waals surface area contributed by atoms with Crippen molar-refractivity contribution in [1.29, 1.82) is 0 Å². The summed E-state index contributed by atoms with van der Waals surface area (Å²) in [6.07, 6.45) is 0. The maximum atomic E-state index is 5.03. The summed E-state index contributed by atoms with van der Waals surface area (Å²) in [5, 5.41) is 0. The zero-order chi connectivity index (χ0) is 9.49. The van der Waals surface area contributed by atoms with Gasteiger partial charge < -0.3 is 17.7 Å². The second-order valence-corrected chi connectivity index (χ2v) is 8.25. The first-order valence-electron chi connectivity index (χ1n) is 3.43. The summed E-state index contributed by atoms with van der Waals surface area (Å²) in [5.41, 5.74) is 0. The summed E-state index contributed by atoms with van der Waals surface area (Å²) in [7, 11) is 6.38. The van der Waals surface area contributed by atoms with E-state index in [1.807, 2.05) is 14.2 Å². The highest BCUT2D eigenvalue weighted by atomic mass is 28.4. The molecule has 0 N–H and O–H groups in total. The summed E-state index contributed by atoms with van der Waals surface area (Å²) in [5.74, 6) is 0. The molecule has 0 aromatic rings. The molecule has 66 valence electrons. The van der Waals surface area contributed by atoms with Gasteiger partial charge in [-0.15, -0.1) is 0 Å². The number of hydrogen-bond donors (Lipinski definition) is 0. The minimum atomic E-state index is -1.59. The lowest BCUT2D eigenvalue weighted by atomic mass is 11.6. The van der Waals surface area contributed by atoms with E-state index < -0.39 is 8.56 Å². The highest BCUT2D eigenvalue weighted by Gasteiger charge is 2.35. The van der Waals surface area contributed by atoms with Crippen molar-refractivity contribution in [2.45, 2.75) is 26.2 Å². The van der Waals surface area contributed by atoms with E-state index in [0.717, 1.165) is 9.52 Å². The zero-order valence-corrected chi connectivity index (χ0v) is 11.3. The van der Waals surface area contributed by atoms with Crippen LogP contribution in [0.4, 0.5) is 0 Å². The monoisotopic (exact) mass is 206 g/mol. The number of hydrogen-bond acceptors (Lipinski definition) is 1. The lowest BCUT2D eigenvalue weighted by Gasteiger charge is -2.22. The highest BCUT2D eigenvalue weighted by molar-refractivity contribution is 6.68. The van der Waals surface area contributed by atoms with Crippen LogP contribution in [0.25, 0.3) is 0 Å². The van der Waals surface area contributed by atoms with Crippen molar-refractivity contribution in [3.05, 3.63) is 0 Å². The lowest BCUT2D eigenvalue weighted by molar-refractivity contribution is 0.0717. The maximum Gasteiger partial charge on any atom is 0.527 e. The molecule has 0 aromatic carbocycles. The fourth-order valence-corrected chi connectivity index (χ4v) is 0.750. The Morgan fingerprint density at radius 1 is 1.27 bits per heavy atom. The molecule has 0 atom stereocenters. The first-order chi connectivity index (χ1) is 4.92. The standard InChI is InChI=1S/C4H12O2Si2.C2H6Si/c1-6(2)8(3,4)5-7;1-3-2/h1-4H3;1-2H3/q+1;-1. The Labute approximate surface area is 77.6 Å². The molecule has 4 radical (unpaired) electrons. The van der Waals surface area contributed by atoms with Gasteiger partial charge in [0.25, 0.3) is 0 Å². The van der Waals surface area contributed by atoms with Gasteiger partial charge in [0.2, 0.25) is 10.5 Å². The van der Waals surface area contributed by atoms with Crippen LogP contribution in [0.2, 0.25) is 26.2 Å². The third kappa shape index (κ3) is 8.48. The average Bonchev–Trinajstić information content (AvgIpc) is 1.89. The summed E-state index contributed by atoms with van der Waals surface area (Å²) >= 11 is 0. The molecule has 0 bridgehead atoms. The van der Waals surface area contributed by atoms with Gasteiger partial charge in [-0.2, -0.15) is 0 Å². The molecule has 0 aliphatic carbocycles. The number of rotatable bonds is 2. The molecule has 0 spiro atoms. The third-order valence-corrected chi connectivity index (χ3v) is 5.16. The van der Waals surface area contributed by atoms with Crippen LogP contribution in [0.3, 0.4) is 0 Å². The second-order valence-electron chi connectivity index (χ2n) is 2.82. The van der Waals surface area contributed by atoms with Crippen molar-refractivity contribution in [3.63, 3.8) is 0 Å². The molecule has 0 aromatic heterocycles. The van der Waals surface area contributed by atoms with Crippen LogP contribution in [0, 0.1) is 0 Å². The Morgan fingerprint density at radius 3 is 1.55 bits per heavy atom. The van der Waals surface area contributed by atoms with Gasteiger partial charge in [0.1, 0.15) is 14.2 Å². The topological polar surface area (TPSA) is 11.9 Å². The molecule has 0 saturated heterocycles. The average molecular weight is 206 g/mol. The Balaban J connectivity index is 0. The summed E-state index contributed by atoms with van der Waals surface area (Å²) in [4.78, 5) is 0. The van der Waals surface area contributed by atoms with E-state index in [-0.39, 0.29) is 0 Å². The fraction of sp³-hybridized carbons (Fsp3) is 1.00. The van der Waals surface area contributed by atoms with Crippen LogP contribution in [-0.2, 0) is 8.17 Å². The second kappa shape index (κ2) is 7.23. The summed E-state index contributed by atoms with van der Waals surface area (Å²) in [6, 6.07) is 0. The normalized spacial score (nSPS) is 10.9. The third-order valence-electron chi connectivity index (χ3n) is 1.23. The Kier molecular flexibility index (Phi) is 9.28. The molecule has 5 heteroatoms. The maximum absolute atomic E-state index is 5.03. The van der Waals surface area contributed by atoms with E-state index in [4.69, 9.17) is 4.12 Å². The molecule has 11 heavy (non-hydrogen) atoms. The SMILES string of the molecule is C[O+](C)[Si](C)(C)O[Si].C[Si-]C. The van der Waals surface area contributed by atoms with Crippen molar-refractivity contribution in [3.8, 4) is 0 Å². The van der Waals surface area contributed by atoms with E-state index in [9.17, 15) is 0 Å². The molecule has 0 heterocycles. The van der Waals surface area contributed by atoms with Crippen LogP contribution in [-0.4, -0.2) is 42.8 Å². The van der Waals surface area contributed by atoms with Gasteiger partial charge in [-0.3, -0.25) is 0 Å². The van der Waals surface area contributed by atoms with Gasteiger partial charge in [-0.1, -0.05) is 0 Å². The Bertz CT molecular complexity index is 85.9. The van der Waals surface area contributed by atoms with Gasteiger partial charge >= 0.3 is 8.56 Å². The van der Waals surface area contributed by atoms with E-state index in [2.05, 4.69) is 40.7 Å². The molecule has 0 aliphatic heterocycles. The molecule has 0 unspecified atom stereocenters. The molecule has 0 fully saturated rings. The largest absolute Gasteiger partial charge is 0.527 e. The molecule has 0 saturated carbocycles. The Morgan fingerprint density at radius 2 is 1.55 bits per heavy atom. The van der Waals surface area contributed by atoms with Gasteiger partial charge in [0.15, 0.2) is 0 Å². The van der Waals surface area contributed by atoms with Gasteiger partial charge in [-0.25, -0.2) is 13.1 Å². The van der Waals surface area contributed by atoms with Gasteiger partial charge in [0.05, 0.1) is 0 Å². The van der Waals surface area contributed by atoms with Crippen molar-refractivity contribution in [1.82, 2.24) is 0 Å². The highest BCUT2D eigenvalue weighted by Crippen LogP contribution is 2.07. The zero-order valence-electron chi connectivity index (χ0n) is 8.32. The minimum absolute atomic E-state index is 1.08. The summed E-state index contributed by atoms with van der Waals surface area (Å²) < 4.78 is 7.86. The van der Waals surface area contributed by atoms with Crippen LogP contribution in [0.1, 0.15) is 0 Å². The van der Waals surface area contributed by atoms with E-state index in [0.29, 0.717) is 0 Å². The lowest BCUT2D eigenvalue weighted by Crippen LogP contribution is -2.40. The first kappa shape index (κ1) is 14.1. The first-order valence-corrected chi connectivity index (χ1v) is 8.65. The molecule has 0 aliphatic rings. The molecule has 0 amide bonds. The van der Waals surface area contributed by atoms with Crippen molar-refractivity contribution >= 4 is 28.6 Å². The molecule has 0 rings (SSSR count). The van der Waals surface area contributed by atoms with E-state index >= 15 is 0 Å². The summed E-state index contributed by atoms with van der Waals surface area (Å²) in [6.45, 7) is 8.45. The van der Waals surface area contributed by atoms with Crippen LogP contribution >= 0.6 is 0 Å². The molecule has 2 nitrogen and oxygen atoms in total.